The van der Waals surface area contributed by atoms with Gasteiger partial charge in [-0.05, 0) is 52.7 Å². The van der Waals surface area contributed by atoms with Crippen LogP contribution < -0.4 is 15.8 Å². The molecule has 0 amide bonds. The molecule has 0 spiro atoms. The van der Waals surface area contributed by atoms with Gasteiger partial charge in [0.2, 0.25) is 0 Å². The average molecular weight is 419 g/mol. The first-order valence-corrected chi connectivity index (χ1v) is 7.56. The second kappa shape index (κ2) is 9.22. The Hall–Kier alpha value is -0.980. The number of nitrogens with two attached hydrogens (primary N) is 1. The highest BCUT2D eigenvalue weighted by atomic mass is 127. The molecule has 0 aliphatic heterocycles. The molecule has 1 unspecified atom stereocenters. The predicted octanol–water partition coefficient (Wildman–Crippen LogP) is 3.99. The monoisotopic (exact) mass is 419 g/mol. The van der Waals surface area contributed by atoms with Crippen molar-refractivity contribution in [3.05, 3.63) is 29.3 Å². The summed E-state index contributed by atoms with van der Waals surface area (Å²) in [7, 11) is 0. The zero-order chi connectivity index (χ0) is 16.0. The summed E-state index contributed by atoms with van der Waals surface area (Å²) in [4.78, 5) is 4.41. The summed E-state index contributed by atoms with van der Waals surface area (Å²) in [6.07, 6.45) is 1.01. The molecule has 3 N–H and O–H groups in total. The van der Waals surface area contributed by atoms with Gasteiger partial charge in [0.25, 0.3) is 0 Å². The van der Waals surface area contributed by atoms with Crippen molar-refractivity contribution >= 4 is 29.9 Å². The fourth-order valence-corrected chi connectivity index (χ4v) is 1.79. The van der Waals surface area contributed by atoms with E-state index in [0.717, 1.165) is 17.7 Å². The number of nitrogens with zero attached hydrogens (tertiary/aromatic N) is 1. The lowest BCUT2D eigenvalue weighted by molar-refractivity contribution is 0.129. The Morgan fingerprint density at radius 1 is 1.36 bits per heavy atom. The van der Waals surface area contributed by atoms with Crippen molar-refractivity contribution in [2.24, 2.45) is 10.7 Å². The van der Waals surface area contributed by atoms with Gasteiger partial charge in [0.05, 0.1) is 6.54 Å². The van der Waals surface area contributed by atoms with Crippen molar-refractivity contribution in [1.82, 2.24) is 5.32 Å². The fraction of sp³-hybridized carbons (Fsp3) is 0.588. The summed E-state index contributed by atoms with van der Waals surface area (Å²) in [6, 6.07) is 6.50. The van der Waals surface area contributed by atoms with E-state index >= 15 is 0 Å². The molecule has 0 saturated heterocycles. The first kappa shape index (κ1) is 21.0. The molecule has 0 aliphatic carbocycles. The zero-order valence-corrected chi connectivity index (χ0v) is 16.9. The minimum Gasteiger partial charge on any atom is -0.488 e. The van der Waals surface area contributed by atoms with Gasteiger partial charge >= 0.3 is 0 Å². The molecule has 0 bridgehead atoms. The minimum absolute atomic E-state index is 0. The van der Waals surface area contributed by atoms with Crippen LogP contribution in [0, 0.1) is 6.92 Å². The van der Waals surface area contributed by atoms with E-state index in [9.17, 15) is 0 Å². The molecule has 0 radical (unpaired) electrons. The molecular weight excluding hydrogens is 389 g/mol. The van der Waals surface area contributed by atoms with Gasteiger partial charge in [-0.2, -0.15) is 0 Å². The van der Waals surface area contributed by atoms with E-state index in [0.29, 0.717) is 18.5 Å². The first-order chi connectivity index (χ1) is 9.71. The Morgan fingerprint density at radius 3 is 2.55 bits per heavy atom. The maximum Gasteiger partial charge on any atom is 0.189 e. The van der Waals surface area contributed by atoms with E-state index in [-0.39, 0.29) is 29.6 Å². The number of halogens is 1. The van der Waals surface area contributed by atoms with Crippen molar-refractivity contribution in [3.63, 3.8) is 0 Å². The summed E-state index contributed by atoms with van der Waals surface area (Å²) in [5, 5.41) is 3.17. The molecule has 0 saturated carbocycles. The SMILES string of the molecule is CCC(C)NC(N)=NCc1ccc(C)cc1OC(C)(C)C.I. The first-order valence-electron chi connectivity index (χ1n) is 7.56. The minimum atomic E-state index is -0.229. The lowest BCUT2D eigenvalue weighted by Gasteiger charge is -2.23. The second-order valence-corrected chi connectivity index (χ2v) is 6.48. The van der Waals surface area contributed by atoms with E-state index < -0.39 is 0 Å². The Labute approximate surface area is 151 Å². The number of benzene rings is 1. The Morgan fingerprint density at radius 2 is 2.00 bits per heavy atom. The van der Waals surface area contributed by atoms with Crippen molar-refractivity contribution in [2.45, 2.75) is 66.2 Å². The number of aliphatic imine (C=N–C) groups is 1. The highest BCUT2D eigenvalue weighted by Crippen LogP contribution is 2.25. The molecule has 0 heterocycles. The van der Waals surface area contributed by atoms with E-state index in [1.165, 1.54) is 5.56 Å². The molecule has 1 rings (SSSR count). The normalized spacial score (nSPS) is 13.3. The third kappa shape index (κ3) is 7.87. The molecule has 4 nitrogen and oxygen atoms in total. The van der Waals surface area contributed by atoms with E-state index in [4.69, 9.17) is 10.5 Å². The number of rotatable bonds is 5. The summed E-state index contributed by atoms with van der Waals surface area (Å²) >= 11 is 0. The van der Waals surface area contributed by atoms with Gasteiger partial charge in [0.15, 0.2) is 5.96 Å². The number of guanidine groups is 1. The van der Waals surface area contributed by atoms with Crippen molar-refractivity contribution in [2.75, 3.05) is 0 Å². The van der Waals surface area contributed by atoms with Crippen LogP contribution in [0.15, 0.2) is 23.2 Å². The van der Waals surface area contributed by atoms with Crippen LogP contribution in [-0.4, -0.2) is 17.6 Å². The third-order valence-corrected chi connectivity index (χ3v) is 3.07. The van der Waals surface area contributed by atoms with Crippen LogP contribution in [0.3, 0.4) is 0 Å². The van der Waals surface area contributed by atoms with Gasteiger partial charge in [-0.25, -0.2) is 4.99 Å². The van der Waals surface area contributed by atoms with Gasteiger partial charge in [0.1, 0.15) is 11.4 Å². The highest BCUT2D eigenvalue weighted by molar-refractivity contribution is 14.0. The van der Waals surface area contributed by atoms with Gasteiger partial charge in [-0.3, -0.25) is 0 Å². The lowest BCUT2D eigenvalue weighted by Crippen LogP contribution is -2.38. The Bertz CT molecular complexity index is 495. The highest BCUT2D eigenvalue weighted by Gasteiger charge is 2.14. The maximum atomic E-state index is 6.02. The number of aryl methyl sites for hydroxylation is 1. The Balaban J connectivity index is 0.00000441. The number of nitrogens with one attached hydrogen (secondary N) is 1. The molecule has 5 heteroatoms. The molecule has 1 aromatic carbocycles. The van der Waals surface area contributed by atoms with Gasteiger partial charge in [-0.15, -0.1) is 24.0 Å². The van der Waals surface area contributed by atoms with Crippen LogP contribution >= 0.6 is 24.0 Å². The molecular formula is C17H30IN3O. The number of ether oxygens (including phenoxy) is 1. The van der Waals surface area contributed by atoms with E-state index in [1.807, 2.05) is 26.8 Å². The molecule has 0 fully saturated rings. The predicted molar refractivity (Wildman–Crippen MR) is 105 cm³/mol. The van der Waals surface area contributed by atoms with Gasteiger partial charge in [0, 0.05) is 11.6 Å². The number of hydrogen-bond acceptors (Lipinski definition) is 2. The third-order valence-electron chi connectivity index (χ3n) is 3.07. The summed E-state index contributed by atoms with van der Waals surface area (Å²) < 4.78 is 6.02. The molecule has 0 aliphatic rings. The van der Waals surface area contributed by atoms with Crippen molar-refractivity contribution in [1.29, 1.82) is 0 Å². The van der Waals surface area contributed by atoms with Gasteiger partial charge < -0.3 is 15.8 Å². The molecule has 22 heavy (non-hydrogen) atoms. The fourth-order valence-electron chi connectivity index (χ4n) is 1.79. The maximum absolute atomic E-state index is 6.02. The molecule has 1 atom stereocenters. The lowest BCUT2D eigenvalue weighted by atomic mass is 10.1. The standard InChI is InChI=1S/C17H29N3O.HI/c1-7-13(3)20-16(18)19-11-14-9-8-12(2)10-15(14)21-17(4,5)6;/h8-10,13H,7,11H2,1-6H3,(H3,18,19,20);1H. The summed E-state index contributed by atoms with van der Waals surface area (Å²) in [6.45, 7) is 12.9. The largest absolute Gasteiger partial charge is 0.488 e. The smallest absolute Gasteiger partial charge is 0.189 e. The van der Waals surface area contributed by atoms with Crippen LogP contribution in [0.5, 0.6) is 5.75 Å². The van der Waals surface area contributed by atoms with Crippen molar-refractivity contribution < 1.29 is 4.74 Å². The van der Waals surface area contributed by atoms with Gasteiger partial charge in [-0.1, -0.05) is 19.1 Å². The summed E-state index contributed by atoms with van der Waals surface area (Å²) in [5.74, 6) is 1.36. The summed E-state index contributed by atoms with van der Waals surface area (Å²) in [5.41, 5.74) is 7.89. The molecule has 1 aromatic rings. The molecule has 0 aromatic heterocycles. The average Bonchev–Trinajstić information content (AvgIpc) is 2.35. The van der Waals surface area contributed by atoms with Crippen LogP contribution in [-0.2, 0) is 6.54 Å². The zero-order valence-electron chi connectivity index (χ0n) is 14.6. The van der Waals surface area contributed by atoms with Crippen LogP contribution in [0.1, 0.15) is 52.2 Å². The van der Waals surface area contributed by atoms with Crippen LogP contribution in [0.2, 0.25) is 0 Å². The second-order valence-electron chi connectivity index (χ2n) is 6.48. The van der Waals surface area contributed by atoms with Crippen molar-refractivity contribution in [3.8, 4) is 5.75 Å². The van der Waals surface area contributed by atoms with E-state index in [2.05, 4.69) is 43.2 Å². The topological polar surface area (TPSA) is 59.6 Å². The van der Waals surface area contributed by atoms with Crippen LogP contribution in [0.25, 0.3) is 0 Å². The molecule has 126 valence electrons. The van der Waals surface area contributed by atoms with Crippen LogP contribution in [0.4, 0.5) is 0 Å². The number of hydrogen-bond donors (Lipinski definition) is 2. The van der Waals surface area contributed by atoms with E-state index in [1.54, 1.807) is 0 Å². The Kier molecular flexibility index (Phi) is 8.81. The quantitative estimate of drug-likeness (QED) is 0.431.